The summed E-state index contributed by atoms with van der Waals surface area (Å²) in [6.45, 7) is 4.53. The molecule has 1 aromatic rings. The van der Waals surface area contributed by atoms with E-state index in [1.807, 2.05) is 11.4 Å². The number of thiophene rings is 1. The van der Waals surface area contributed by atoms with Crippen LogP contribution in [0.3, 0.4) is 0 Å². The zero-order chi connectivity index (χ0) is 13.4. The first-order valence-corrected chi connectivity index (χ1v) is 6.98. The molecule has 1 atom stereocenters. The van der Waals surface area contributed by atoms with Crippen molar-refractivity contribution < 1.29 is 9.90 Å². The molecule has 1 rings (SSSR count). The molecule has 0 bridgehead atoms. The summed E-state index contributed by atoms with van der Waals surface area (Å²) in [5.41, 5.74) is 0.887. The predicted octanol–water partition coefficient (Wildman–Crippen LogP) is 2.14. The third-order valence-corrected chi connectivity index (χ3v) is 3.65. The van der Waals surface area contributed by atoms with Crippen LogP contribution in [-0.4, -0.2) is 17.6 Å². The lowest BCUT2D eigenvalue weighted by molar-refractivity contribution is -0.122. The van der Waals surface area contributed by atoms with Crippen molar-refractivity contribution in [2.24, 2.45) is 5.92 Å². The van der Waals surface area contributed by atoms with Crippen molar-refractivity contribution in [2.45, 2.75) is 33.2 Å². The number of hydrogen-bond donors (Lipinski definition) is 2. The maximum absolute atomic E-state index is 11.7. The van der Waals surface area contributed by atoms with Crippen LogP contribution in [0, 0.1) is 17.8 Å². The van der Waals surface area contributed by atoms with Crippen LogP contribution < -0.4 is 5.32 Å². The van der Waals surface area contributed by atoms with E-state index in [9.17, 15) is 4.79 Å². The maximum atomic E-state index is 11.7. The van der Waals surface area contributed by atoms with Gasteiger partial charge in [0.1, 0.15) is 6.61 Å². The largest absolute Gasteiger partial charge is 0.384 e. The Kier molecular flexibility index (Phi) is 6.48. The fourth-order valence-corrected chi connectivity index (χ4v) is 2.21. The molecule has 1 unspecified atom stereocenters. The average Bonchev–Trinajstić information content (AvgIpc) is 2.81. The minimum absolute atomic E-state index is 0.0822. The molecule has 1 aromatic heterocycles. The summed E-state index contributed by atoms with van der Waals surface area (Å²) in [6.07, 6.45) is 1.58. The SMILES string of the molecule is CCC(C)CC(=O)NCc1sccc1C#CCO. The highest BCUT2D eigenvalue weighted by Gasteiger charge is 2.08. The Hall–Kier alpha value is -1.31. The normalized spacial score (nSPS) is 11.5. The van der Waals surface area contributed by atoms with Gasteiger partial charge >= 0.3 is 0 Å². The topological polar surface area (TPSA) is 49.3 Å². The number of carbonyl (C=O) groups is 1. The highest BCUT2D eigenvalue weighted by Crippen LogP contribution is 2.15. The van der Waals surface area contributed by atoms with Gasteiger partial charge < -0.3 is 10.4 Å². The first-order valence-electron chi connectivity index (χ1n) is 6.10. The van der Waals surface area contributed by atoms with E-state index < -0.39 is 0 Å². The Bertz CT molecular complexity index is 442. The summed E-state index contributed by atoms with van der Waals surface area (Å²) < 4.78 is 0. The van der Waals surface area contributed by atoms with Crippen molar-refractivity contribution in [2.75, 3.05) is 6.61 Å². The molecule has 1 heterocycles. The summed E-state index contributed by atoms with van der Waals surface area (Å²) >= 11 is 1.57. The lowest BCUT2D eigenvalue weighted by Crippen LogP contribution is -2.24. The molecule has 0 aromatic carbocycles. The molecule has 0 aliphatic rings. The van der Waals surface area contributed by atoms with Gasteiger partial charge in [0.25, 0.3) is 0 Å². The van der Waals surface area contributed by atoms with E-state index in [4.69, 9.17) is 5.11 Å². The number of nitrogens with one attached hydrogen (secondary N) is 1. The number of rotatable bonds is 5. The Balaban J connectivity index is 2.48. The number of carbonyl (C=O) groups excluding carboxylic acids is 1. The van der Waals surface area contributed by atoms with Crippen LogP contribution >= 0.6 is 11.3 Å². The van der Waals surface area contributed by atoms with Crippen LogP contribution in [0.5, 0.6) is 0 Å². The van der Waals surface area contributed by atoms with Gasteiger partial charge in [-0.1, -0.05) is 32.1 Å². The number of hydrogen-bond acceptors (Lipinski definition) is 3. The van der Waals surface area contributed by atoms with Gasteiger partial charge in [-0.3, -0.25) is 4.79 Å². The van der Waals surface area contributed by atoms with E-state index in [1.54, 1.807) is 11.3 Å². The second-order valence-electron chi connectivity index (χ2n) is 4.21. The monoisotopic (exact) mass is 265 g/mol. The Morgan fingerprint density at radius 3 is 3.06 bits per heavy atom. The van der Waals surface area contributed by atoms with Crippen LogP contribution in [0.1, 0.15) is 37.1 Å². The molecule has 0 fully saturated rings. The highest BCUT2D eigenvalue weighted by atomic mass is 32.1. The number of amides is 1. The molecule has 3 nitrogen and oxygen atoms in total. The molecule has 0 saturated carbocycles. The Labute approximate surface area is 112 Å². The standard InChI is InChI=1S/C14H19NO2S/c1-3-11(2)9-14(17)15-10-13-12(5-4-7-16)6-8-18-13/h6,8,11,16H,3,7,9-10H2,1-2H3,(H,15,17). The average molecular weight is 265 g/mol. The van der Waals surface area contributed by atoms with Crippen LogP contribution in [0.2, 0.25) is 0 Å². The molecule has 0 aliphatic carbocycles. The van der Waals surface area contributed by atoms with Gasteiger partial charge in [0.2, 0.25) is 5.91 Å². The molecule has 0 spiro atoms. The Morgan fingerprint density at radius 2 is 2.39 bits per heavy atom. The van der Waals surface area contributed by atoms with Crippen molar-refractivity contribution in [1.29, 1.82) is 0 Å². The number of aliphatic hydroxyl groups excluding tert-OH is 1. The molecule has 2 N–H and O–H groups in total. The lowest BCUT2D eigenvalue weighted by Gasteiger charge is -2.08. The molecule has 0 saturated heterocycles. The van der Waals surface area contributed by atoms with Crippen molar-refractivity contribution in [1.82, 2.24) is 5.32 Å². The van der Waals surface area contributed by atoms with E-state index in [0.717, 1.165) is 16.9 Å². The van der Waals surface area contributed by atoms with Gasteiger partial charge in [-0.25, -0.2) is 0 Å². The molecule has 4 heteroatoms. The van der Waals surface area contributed by atoms with Crippen molar-refractivity contribution in [3.05, 3.63) is 21.9 Å². The van der Waals surface area contributed by atoms with Crippen LogP contribution in [0.15, 0.2) is 11.4 Å². The van der Waals surface area contributed by atoms with E-state index in [0.29, 0.717) is 18.9 Å². The quantitative estimate of drug-likeness (QED) is 0.801. The van der Waals surface area contributed by atoms with E-state index in [1.165, 1.54) is 0 Å². The molecular weight excluding hydrogens is 246 g/mol. The summed E-state index contributed by atoms with van der Waals surface area (Å²) in [7, 11) is 0. The van der Waals surface area contributed by atoms with Crippen LogP contribution in [0.4, 0.5) is 0 Å². The fourth-order valence-electron chi connectivity index (χ4n) is 1.44. The summed E-state index contributed by atoms with van der Waals surface area (Å²) in [5, 5.41) is 13.5. The van der Waals surface area contributed by atoms with Gasteiger partial charge in [-0.05, 0) is 17.4 Å². The van der Waals surface area contributed by atoms with Crippen LogP contribution in [-0.2, 0) is 11.3 Å². The summed E-state index contributed by atoms with van der Waals surface area (Å²) in [5.74, 6) is 6.00. The zero-order valence-electron chi connectivity index (χ0n) is 10.8. The number of aliphatic hydroxyl groups is 1. The van der Waals surface area contributed by atoms with E-state index >= 15 is 0 Å². The second-order valence-corrected chi connectivity index (χ2v) is 5.21. The van der Waals surface area contributed by atoms with Crippen molar-refractivity contribution in [3.63, 3.8) is 0 Å². The molecule has 0 radical (unpaired) electrons. The van der Waals surface area contributed by atoms with Gasteiger partial charge in [0.05, 0.1) is 6.54 Å². The maximum Gasteiger partial charge on any atom is 0.220 e. The van der Waals surface area contributed by atoms with E-state index in [-0.39, 0.29) is 12.5 Å². The van der Waals surface area contributed by atoms with Gasteiger partial charge in [-0.15, -0.1) is 11.3 Å². The highest BCUT2D eigenvalue weighted by molar-refractivity contribution is 7.10. The van der Waals surface area contributed by atoms with Crippen molar-refractivity contribution >= 4 is 17.2 Å². The first-order chi connectivity index (χ1) is 8.67. The predicted molar refractivity (Wildman–Crippen MR) is 74.2 cm³/mol. The summed E-state index contributed by atoms with van der Waals surface area (Å²) in [6, 6.07) is 1.91. The molecule has 0 aliphatic heterocycles. The molecule has 1 amide bonds. The van der Waals surface area contributed by atoms with Gasteiger partial charge in [-0.2, -0.15) is 0 Å². The van der Waals surface area contributed by atoms with Crippen LogP contribution in [0.25, 0.3) is 0 Å². The van der Waals surface area contributed by atoms with Gasteiger partial charge in [0.15, 0.2) is 0 Å². The lowest BCUT2D eigenvalue weighted by atomic mass is 10.1. The minimum Gasteiger partial charge on any atom is -0.384 e. The first kappa shape index (κ1) is 14.7. The van der Waals surface area contributed by atoms with Gasteiger partial charge in [0, 0.05) is 16.9 Å². The smallest absolute Gasteiger partial charge is 0.220 e. The summed E-state index contributed by atoms with van der Waals surface area (Å²) in [4.78, 5) is 12.7. The molecule has 18 heavy (non-hydrogen) atoms. The van der Waals surface area contributed by atoms with Crippen molar-refractivity contribution in [3.8, 4) is 11.8 Å². The zero-order valence-corrected chi connectivity index (χ0v) is 11.6. The minimum atomic E-state index is -0.143. The third kappa shape index (κ3) is 4.91. The molecular formula is C14H19NO2S. The second kappa shape index (κ2) is 7.91. The van der Waals surface area contributed by atoms with E-state index in [2.05, 4.69) is 31.0 Å². The molecule has 98 valence electrons. The fraction of sp³-hybridized carbons (Fsp3) is 0.500. The third-order valence-electron chi connectivity index (χ3n) is 2.72. The Morgan fingerprint density at radius 1 is 1.61 bits per heavy atom.